The molecule has 2 fully saturated rings. The van der Waals surface area contributed by atoms with Crippen molar-refractivity contribution in [3.05, 3.63) is 144 Å². The molecule has 0 bridgehead atoms. The maximum absolute atomic E-state index is 14.4. The van der Waals surface area contributed by atoms with E-state index in [4.69, 9.17) is 28.4 Å². The molecule has 1 aliphatic carbocycles. The molecule has 4 aromatic carbocycles. The number of carbonyl (C=O) groups excluding carboxylic acids is 1. The quantitative estimate of drug-likeness (QED) is 0.0422. The summed E-state index contributed by atoms with van der Waals surface area (Å²) in [6.07, 6.45) is 46.3. The van der Waals surface area contributed by atoms with E-state index in [0.717, 1.165) is 47.9 Å². The largest absolute Gasteiger partial charge is 0.371 e. The summed E-state index contributed by atoms with van der Waals surface area (Å²) in [5.74, 6) is -0.713. The van der Waals surface area contributed by atoms with Gasteiger partial charge in [0.05, 0.1) is 44.7 Å². The highest BCUT2D eigenvalue weighted by molar-refractivity contribution is 5.76. The molecule has 1 saturated heterocycles. The lowest BCUT2D eigenvalue weighted by atomic mass is 9.84. The van der Waals surface area contributed by atoms with Crippen molar-refractivity contribution in [2.45, 2.75) is 353 Å². The Balaban J connectivity index is 1.08. The number of rotatable bonds is 54. The molecule has 1 heterocycles. The predicted octanol–water partition coefficient (Wildman–Crippen LogP) is 21.2. The van der Waals surface area contributed by atoms with Crippen LogP contribution in [-0.4, -0.2) is 66.9 Å². The summed E-state index contributed by atoms with van der Waals surface area (Å²) in [6.45, 7) is 10.7. The van der Waals surface area contributed by atoms with Gasteiger partial charge in [0, 0.05) is 19.0 Å². The standard InChI is InChI=1S/C81H128N2O7/c1-5-7-9-11-13-15-17-19-20-21-22-23-24-25-26-27-28-29-31-33-35-37-51-61-76(84)83-73(77-74(89-81(3,4)90-77)60-50-36-34-32-30-18-16-14-12-10-8-6-2)63-82-72-62-75(85-64-68-52-42-38-43-53-68)79(87-66-70-56-46-40-47-57-70)80(88-67-71-58-48-41-49-59-71)78(72)86-65-69-54-44-39-45-55-69/h38-49,52-59,72-75,77-80,82H,5-37,50-51,60-67H2,1-4H3,(H,83,84)/t72-,73-,74+,75-,77-,78-,79-,80+/m0/s1. The summed E-state index contributed by atoms with van der Waals surface area (Å²) in [6, 6.07) is 40.9. The fourth-order valence-corrected chi connectivity index (χ4v) is 13.7. The molecule has 6 rings (SSSR count). The van der Waals surface area contributed by atoms with E-state index in [1.165, 1.54) is 205 Å². The van der Waals surface area contributed by atoms with Gasteiger partial charge < -0.3 is 39.1 Å². The number of hydrogen-bond donors (Lipinski definition) is 2. The van der Waals surface area contributed by atoms with Crippen molar-refractivity contribution < 1.29 is 33.2 Å². The van der Waals surface area contributed by atoms with Gasteiger partial charge >= 0.3 is 0 Å². The van der Waals surface area contributed by atoms with Gasteiger partial charge in [-0.3, -0.25) is 4.79 Å². The van der Waals surface area contributed by atoms with Crippen LogP contribution in [-0.2, 0) is 59.6 Å². The summed E-state index contributed by atoms with van der Waals surface area (Å²) in [5.41, 5.74) is 4.33. The second-order valence-electron chi connectivity index (χ2n) is 27.4. The molecule has 4 aromatic rings. The fourth-order valence-electron chi connectivity index (χ4n) is 13.7. The minimum absolute atomic E-state index is 0.0748. The summed E-state index contributed by atoms with van der Waals surface area (Å²) in [5, 5.41) is 7.63. The van der Waals surface area contributed by atoms with Crippen LogP contribution in [0.4, 0.5) is 0 Å². The van der Waals surface area contributed by atoms with Crippen LogP contribution >= 0.6 is 0 Å². The minimum atomic E-state index is -0.788. The van der Waals surface area contributed by atoms with Crippen LogP contribution in [0.2, 0.25) is 0 Å². The van der Waals surface area contributed by atoms with Crippen molar-refractivity contribution in [1.82, 2.24) is 10.6 Å². The SMILES string of the molecule is CCCCCCCCCCCCCCCCCCCCCCCCCC(=O)N[C@@H](CN[C@H]1C[C@H](OCc2ccccc2)[C@H](OCc2ccccc2)[C@H](OCc2ccccc2)[C@H]1OCc1ccccc1)[C@@H]1OC(C)(C)O[C@@H]1CCCCCCCCCCCCCC. The Morgan fingerprint density at radius 3 is 1.14 bits per heavy atom. The highest BCUT2D eigenvalue weighted by atomic mass is 16.8. The number of hydrogen-bond acceptors (Lipinski definition) is 8. The molecule has 8 atom stereocenters. The Hall–Kier alpha value is -3.93. The third kappa shape index (κ3) is 32.3. The van der Waals surface area contributed by atoms with Crippen molar-refractivity contribution in [2.24, 2.45) is 0 Å². The van der Waals surface area contributed by atoms with Crippen LogP contribution in [0.25, 0.3) is 0 Å². The first-order valence-corrected chi connectivity index (χ1v) is 37.3. The monoisotopic (exact) mass is 1240 g/mol. The Kier molecular flexibility index (Phi) is 39.9. The minimum Gasteiger partial charge on any atom is -0.371 e. The molecule has 9 nitrogen and oxygen atoms in total. The number of unbranched alkanes of at least 4 members (excludes halogenated alkanes) is 33. The molecule has 2 aliphatic rings. The average molecular weight is 1240 g/mol. The van der Waals surface area contributed by atoms with Gasteiger partial charge in [0.25, 0.3) is 0 Å². The molecular weight excluding hydrogens is 1110 g/mol. The molecular formula is C81H128N2O7. The Labute approximate surface area is 549 Å². The predicted molar refractivity (Wildman–Crippen MR) is 374 cm³/mol. The zero-order chi connectivity index (χ0) is 63.2. The van der Waals surface area contributed by atoms with Crippen LogP contribution in [0.15, 0.2) is 121 Å². The Morgan fingerprint density at radius 1 is 0.422 bits per heavy atom. The second kappa shape index (κ2) is 47.9. The van der Waals surface area contributed by atoms with Crippen molar-refractivity contribution >= 4 is 5.91 Å². The zero-order valence-corrected chi connectivity index (χ0v) is 57.4. The van der Waals surface area contributed by atoms with Gasteiger partial charge in [-0.1, -0.05) is 353 Å². The van der Waals surface area contributed by atoms with Crippen molar-refractivity contribution in [3.63, 3.8) is 0 Å². The smallest absolute Gasteiger partial charge is 0.220 e. The summed E-state index contributed by atoms with van der Waals surface area (Å²) < 4.78 is 42.2. The van der Waals surface area contributed by atoms with Crippen molar-refractivity contribution in [2.75, 3.05) is 6.54 Å². The highest BCUT2D eigenvalue weighted by Gasteiger charge is 2.50. The summed E-state index contributed by atoms with van der Waals surface area (Å²) in [7, 11) is 0. The van der Waals surface area contributed by atoms with Gasteiger partial charge in [0.2, 0.25) is 5.91 Å². The second-order valence-corrected chi connectivity index (χ2v) is 27.4. The molecule has 0 unspecified atom stereocenters. The van der Waals surface area contributed by atoms with Gasteiger partial charge in [-0.15, -0.1) is 0 Å². The first-order valence-electron chi connectivity index (χ1n) is 37.3. The van der Waals surface area contributed by atoms with E-state index in [0.29, 0.717) is 45.8 Å². The third-order valence-corrected chi connectivity index (χ3v) is 19.0. The van der Waals surface area contributed by atoms with Crippen LogP contribution in [0.1, 0.15) is 294 Å². The molecule has 0 spiro atoms. The van der Waals surface area contributed by atoms with Crippen LogP contribution in [0.5, 0.6) is 0 Å². The van der Waals surface area contributed by atoms with Crippen LogP contribution < -0.4 is 10.6 Å². The first-order chi connectivity index (χ1) is 44.3. The van der Waals surface area contributed by atoms with Gasteiger partial charge in [-0.05, 0) is 55.4 Å². The summed E-state index contributed by atoms with van der Waals surface area (Å²) >= 11 is 0. The Bertz CT molecular complexity index is 2300. The molecule has 1 amide bonds. The van der Waals surface area contributed by atoms with E-state index in [2.05, 4.69) is 122 Å². The number of ether oxygens (including phenoxy) is 6. The lowest BCUT2D eigenvalue weighted by molar-refractivity contribution is -0.221. The lowest BCUT2D eigenvalue weighted by Crippen LogP contribution is -2.64. The molecule has 1 saturated carbocycles. The lowest BCUT2D eigenvalue weighted by Gasteiger charge is -2.47. The zero-order valence-electron chi connectivity index (χ0n) is 57.4. The molecule has 1 aliphatic heterocycles. The third-order valence-electron chi connectivity index (χ3n) is 19.0. The van der Waals surface area contributed by atoms with Crippen LogP contribution in [0, 0.1) is 0 Å². The molecule has 0 aromatic heterocycles. The van der Waals surface area contributed by atoms with Gasteiger partial charge in [-0.25, -0.2) is 0 Å². The van der Waals surface area contributed by atoms with E-state index < -0.39 is 24.1 Å². The van der Waals surface area contributed by atoms with Gasteiger partial charge in [-0.2, -0.15) is 0 Å². The number of benzene rings is 4. The Morgan fingerprint density at radius 2 is 0.756 bits per heavy atom. The van der Waals surface area contributed by atoms with Crippen molar-refractivity contribution in [3.8, 4) is 0 Å². The molecule has 504 valence electrons. The van der Waals surface area contributed by atoms with Gasteiger partial charge in [0.15, 0.2) is 5.79 Å². The first kappa shape index (κ1) is 75.1. The molecule has 0 radical (unpaired) electrons. The van der Waals surface area contributed by atoms with E-state index in [-0.39, 0.29) is 36.3 Å². The topological polar surface area (TPSA) is 96.5 Å². The maximum Gasteiger partial charge on any atom is 0.220 e. The normalized spacial score (nSPS) is 20.2. The highest BCUT2D eigenvalue weighted by Crippen LogP contribution is 2.36. The number of carbonyl (C=O) groups is 1. The number of nitrogens with one attached hydrogen (secondary N) is 2. The van der Waals surface area contributed by atoms with E-state index in [1.807, 2.05) is 38.1 Å². The fraction of sp³-hybridized carbons (Fsp3) is 0.691. The van der Waals surface area contributed by atoms with E-state index >= 15 is 0 Å². The van der Waals surface area contributed by atoms with Crippen LogP contribution in [0.3, 0.4) is 0 Å². The summed E-state index contributed by atoms with van der Waals surface area (Å²) in [4.78, 5) is 14.4. The van der Waals surface area contributed by atoms with E-state index in [9.17, 15) is 4.79 Å². The molecule has 90 heavy (non-hydrogen) atoms. The number of amides is 1. The molecule has 2 N–H and O–H groups in total. The van der Waals surface area contributed by atoms with Crippen molar-refractivity contribution in [1.29, 1.82) is 0 Å². The van der Waals surface area contributed by atoms with Gasteiger partial charge in [0.1, 0.15) is 24.4 Å². The molecule has 9 heteroatoms. The average Bonchev–Trinajstić information content (AvgIpc) is 1.36. The van der Waals surface area contributed by atoms with E-state index in [1.54, 1.807) is 0 Å². The maximum atomic E-state index is 14.4.